The molecule has 4 aliphatic rings. The highest BCUT2D eigenvalue weighted by molar-refractivity contribution is 5.68. The minimum atomic E-state index is -1.04. The van der Waals surface area contributed by atoms with Gasteiger partial charge in [-0.2, -0.15) is 0 Å². The highest BCUT2D eigenvalue weighted by Crippen LogP contribution is 2.35. The van der Waals surface area contributed by atoms with Gasteiger partial charge in [0.1, 0.15) is 17.3 Å². The number of fused-ring (bicyclic) bond motifs is 2. The van der Waals surface area contributed by atoms with Gasteiger partial charge in [0.25, 0.3) is 0 Å². The zero-order valence-electron chi connectivity index (χ0n) is 21.1. The van der Waals surface area contributed by atoms with Crippen molar-refractivity contribution in [3.63, 3.8) is 0 Å². The lowest BCUT2D eigenvalue weighted by Crippen LogP contribution is -2.52. The van der Waals surface area contributed by atoms with Gasteiger partial charge in [0.2, 0.25) is 5.88 Å². The average molecular weight is 499 g/mol. The summed E-state index contributed by atoms with van der Waals surface area (Å²) >= 11 is 0. The molecule has 2 unspecified atom stereocenters. The van der Waals surface area contributed by atoms with Crippen molar-refractivity contribution in [2.75, 3.05) is 31.1 Å². The first kappa shape index (κ1) is 26.6. The number of pyridine rings is 1. The number of piperazine rings is 1. The van der Waals surface area contributed by atoms with Gasteiger partial charge in [0, 0.05) is 75.0 Å². The standard InChI is InChI=1S/C27H38N4O4.CH4/c1-26(2,3)35-25(32)30-12-9-27(33,10-13-30)8-6-19-14-23(15-19)34-24-16-20(7-11-29-24)31-21-4-5-22(31)18-28-17-21;/h7,11,16,19,21-23,28,33H,4-5,9-10,12-15,17-18H2,1-3H3;1H4. The molecule has 1 amide bonds. The maximum absolute atomic E-state index is 12.2. The normalized spacial score (nSPS) is 28.8. The fourth-order valence-corrected chi connectivity index (χ4v) is 5.52. The Balaban J connectivity index is 0.00000304. The van der Waals surface area contributed by atoms with E-state index in [2.05, 4.69) is 39.2 Å². The van der Waals surface area contributed by atoms with E-state index in [0.29, 0.717) is 43.9 Å². The third kappa shape index (κ3) is 6.07. The lowest BCUT2D eigenvalue weighted by atomic mass is 9.81. The molecule has 3 aliphatic heterocycles. The van der Waals surface area contributed by atoms with Crippen LogP contribution in [0.4, 0.5) is 10.5 Å². The fraction of sp³-hybridized carbons (Fsp3) is 0.714. The number of likely N-dealkylation sites (tertiary alicyclic amines) is 1. The summed E-state index contributed by atoms with van der Waals surface area (Å²) in [5.41, 5.74) is -0.350. The summed E-state index contributed by atoms with van der Waals surface area (Å²) in [6.45, 7) is 8.56. The van der Waals surface area contributed by atoms with Crippen LogP contribution in [-0.4, -0.2) is 76.7 Å². The van der Waals surface area contributed by atoms with Crippen LogP contribution in [0.1, 0.15) is 66.7 Å². The van der Waals surface area contributed by atoms with Crippen molar-refractivity contribution in [1.29, 1.82) is 0 Å². The highest BCUT2D eigenvalue weighted by atomic mass is 16.6. The third-order valence-corrected chi connectivity index (χ3v) is 7.53. The Labute approximate surface area is 215 Å². The third-order valence-electron chi connectivity index (χ3n) is 7.53. The number of carbonyl (C=O) groups excluding carboxylic acids is 1. The number of aromatic nitrogens is 1. The Kier molecular flexibility index (Phi) is 7.72. The molecule has 8 heteroatoms. The smallest absolute Gasteiger partial charge is 0.410 e. The molecule has 4 heterocycles. The van der Waals surface area contributed by atoms with Crippen LogP contribution in [0.5, 0.6) is 5.88 Å². The fourth-order valence-electron chi connectivity index (χ4n) is 5.52. The molecule has 0 radical (unpaired) electrons. The topological polar surface area (TPSA) is 87.2 Å². The molecule has 1 saturated carbocycles. The molecule has 4 fully saturated rings. The summed E-state index contributed by atoms with van der Waals surface area (Å²) in [6, 6.07) is 5.30. The number of ether oxygens (including phenoxy) is 2. The summed E-state index contributed by atoms with van der Waals surface area (Å²) in [4.78, 5) is 20.9. The van der Waals surface area contributed by atoms with Crippen molar-refractivity contribution in [2.24, 2.45) is 5.92 Å². The van der Waals surface area contributed by atoms with Crippen molar-refractivity contribution < 1.29 is 19.4 Å². The molecule has 0 aromatic carbocycles. The number of hydrogen-bond acceptors (Lipinski definition) is 7. The first-order valence-corrected chi connectivity index (χ1v) is 13.0. The molecule has 0 spiro atoms. The number of aliphatic hydroxyl groups is 1. The van der Waals surface area contributed by atoms with E-state index in [-0.39, 0.29) is 25.5 Å². The zero-order valence-corrected chi connectivity index (χ0v) is 21.1. The molecule has 1 aromatic heterocycles. The summed E-state index contributed by atoms with van der Waals surface area (Å²) < 4.78 is 11.6. The molecule has 8 nitrogen and oxygen atoms in total. The molecule has 1 aromatic rings. The van der Waals surface area contributed by atoms with Gasteiger partial charge in [-0.25, -0.2) is 9.78 Å². The number of amides is 1. The first-order valence-electron chi connectivity index (χ1n) is 13.0. The largest absolute Gasteiger partial charge is 0.474 e. The van der Waals surface area contributed by atoms with E-state index in [4.69, 9.17) is 9.47 Å². The lowest BCUT2D eigenvalue weighted by Gasteiger charge is -2.37. The van der Waals surface area contributed by atoms with Gasteiger partial charge >= 0.3 is 6.09 Å². The van der Waals surface area contributed by atoms with Crippen LogP contribution in [0.3, 0.4) is 0 Å². The zero-order chi connectivity index (χ0) is 24.6. The Morgan fingerprint density at radius 3 is 2.50 bits per heavy atom. The minimum absolute atomic E-state index is 0. The van der Waals surface area contributed by atoms with Crippen LogP contribution in [0.15, 0.2) is 18.3 Å². The number of piperidine rings is 1. The van der Waals surface area contributed by atoms with Crippen molar-refractivity contribution >= 4 is 11.8 Å². The first-order chi connectivity index (χ1) is 16.7. The van der Waals surface area contributed by atoms with Crippen molar-refractivity contribution in [2.45, 2.75) is 96.1 Å². The van der Waals surface area contributed by atoms with Crippen molar-refractivity contribution in [3.8, 4) is 17.7 Å². The van der Waals surface area contributed by atoms with Gasteiger partial charge in [-0.05, 0) is 52.5 Å². The molecule has 2 N–H and O–H groups in total. The minimum Gasteiger partial charge on any atom is -0.474 e. The molecule has 2 bridgehead atoms. The van der Waals surface area contributed by atoms with Crippen LogP contribution >= 0.6 is 0 Å². The van der Waals surface area contributed by atoms with E-state index in [1.54, 1.807) is 4.90 Å². The van der Waals surface area contributed by atoms with Crippen LogP contribution in [0.25, 0.3) is 0 Å². The van der Waals surface area contributed by atoms with Crippen molar-refractivity contribution in [1.82, 2.24) is 15.2 Å². The number of hydrogen-bond donors (Lipinski definition) is 2. The SMILES string of the molecule is C.CC(C)(C)OC(=O)N1CCC(O)(C#CC2CC(Oc3cc(N4C5CCC4CNC5)ccn3)C2)CC1. The lowest BCUT2D eigenvalue weighted by molar-refractivity contribution is -0.00537. The molecular weight excluding hydrogens is 456 g/mol. The summed E-state index contributed by atoms with van der Waals surface area (Å²) in [5.74, 6) is 7.27. The van der Waals surface area contributed by atoms with Crippen molar-refractivity contribution in [3.05, 3.63) is 18.3 Å². The van der Waals surface area contributed by atoms with E-state index in [1.807, 2.05) is 27.0 Å². The molecule has 36 heavy (non-hydrogen) atoms. The predicted octanol–water partition coefficient (Wildman–Crippen LogP) is 3.58. The summed E-state index contributed by atoms with van der Waals surface area (Å²) in [7, 11) is 0. The number of nitrogens with zero attached hydrogens (tertiary/aromatic N) is 3. The van der Waals surface area contributed by atoms with E-state index < -0.39 is 11.2 Å². The second kappa shape index (κ2) is 10.5. The second-order valence-electron chi connectivity index (χ2n) is 11.5. The number of carbonyl (C=O) groups is 1. The Morgan fingerprint density at radius 1 is 1.19 bits per heavy atom. The van der Waals surface area contributed by atoms with E-state index in [1.165, 1.54) is 18.5 Å². The molecular formula is C28H42N4O4. The van der Waals surface area contributed by atoms with Crippen LogP contribution in [0.2, 0.25) is 0 Å². The number of nitrogens with one attached hydrogen (secondary N) is 1. The predicted molar refractivity (Wildman–Crippen MR) is 140 cm³/mol. The van der Waals surface area contributed by atoms with E-state index >= 15 is 0 Å². The molecule has 198 valence electrons. The average Bonchev–Trinajstić information content (AvgIpc) is 3.03. The molecule has 3 saturated heterocycles. The Hall–Kier alpha value is -2.50. The van der Waals surface area contributed by atoms with Crippen LogP contribution < -0.4 is 15.0 Å². The van der Waals surface area contributed by atoms with Gasteiger partial charge in [0.05, 0.1) is 0 Å². The summed E-state index contributed by atoms with van der Waals surface area (Å²) in [5, 5.41) is 14.4. The van der Waals surface area contributed by atoms with E-state index in [9.17, 15) is 9.90 Å². The number of rotatable bonds is 3. The Bertz CT molecular complexity index is 967. The quantitative estimate of drug-likeness (QED) is 0.616. The van der Waals surface area contributed by atoms with E-state index in [0.717, 1.165) is 25.9 Å². The van der Waals surface area contributed by atoms with Gasteiger partial charge in [-0.1, -0.05) is 19.3 Å². The van der Waals surface area contributed by atoms with Gasteiger partial charge < -0.3 is 29.7 Å². The molecule has 2 atom stereocenters. The van der Waals surface area contributed by atoms with Crippen LogP contribution in [-0.2, 0) is 4.74 Å². The van der Waals surface area contributed by atoms with Gasteiger partial charge in [-0.3, -0.25) is 0 Å². The monoisotopic (exact) mass is 498 g/mol. The number of anilines is 1. The second-order valence-corrected chi connectivity index (χ2v) is 11.5. The molecule has 5 rings (SSSR count). The highest BCUT2D eigenvalue weighted by Gasteiger charge is 2.38. The summed E-state index contributed by atoms with van der Waals surface area (Å²) in [6.07, 6.45) is 6.69. The Morgan fingerprint density at radius 2 is 1.86 bits per heavy atom. The van der Waals surface area contributed by atoms with Gasteiger partial charge in [-0.15, -0.1) is 0 Å². The van der Waals surface area contributed by atoms with Gasteiger partial charge in [0.15, 0.2) is 0 Å². The van der Waals surface area contributed by atoms with Crippen LogP contribution in [0, 0.1) is 17.8 Å². The maximum atomic E-state index is 12.2. The molecule has 1 aliphatic carbocycles. The maximum Gasteiger partial charge on any atom is 0.410 e.